The molecule has 1 aliphatic rings. The van der Waals surface area contributed by atoms with Gasteiger partial charge in [-0.3, -0.25) is 0 Å². The van der Waals surface area contributed by atoms with Crippen molar-refractivity contribution >= 4 is 32.7 Å². The normalized spacial score (nSPS) is 19.0. The van der Waals surface area contributed by atoms with Gasteiger partial charge in [-0.1, -0.05) is 18.9 Å². The molecule has 4 nitrogen and oxygen atoms in total. The molecular formula is C16H21NO3S3. The van der Waals surface area contributed by atoms with Crippen LogP contribution in [0.4, 0.5) is 0 Å². The summed E-state index contributed by atoms with van der Waals surface area (Å²) < 4.78 is 28.0. The Morgan fingerprint density at radius 1 is 1.30 bits per heavy atom. The fourth-order valence-corrected chi connectivity index (χ4v) is 6.50. The molecule has 1 fully saturated rings. The highest BCUT2D eigenvalue weighted by Gasteiger charge is 2.38. The van der Waals surface area contributed by atoms with E-state index in [1.807, 2.05) is 6.07 Å². The highest BCUT2D eigenvalue weighted by Crippen LogP contribution is 2.44. The van der Waals surface area contributed by atoms with Gasteiger partial charge in [-0.15, -0.1) is 22.7 Å². The summed E-state index contributed by atoms with van der Waals surface area (Å²) in [6.07, 6.45) is 3.72. The van der Waals surface area contributed by atoms with Crippen molar-refractivity contribution in [2.75, 3.05) is 6.54 Å². The Kier molecular flexibility index (Phi) is 4.94. The molecule has 0 saturated heterocycles. The summed E-state index contributed by atoms with van der Waals surface area (Å²) in [6.45, 7) is 2.18. The molecule has 7 heteroatoms. The monoisotopic (exact) mass is 371 g/mol. The molecule has 1 atom stereocenters. The standard InChI is InChI=1S/C16H21NO3S3/c1-12(18)13-6-7-14(22-13)16(8-2-3-9-16)11-17-23(19,20)15-5-4-10-21-15/h4-7,10,12,17-18H,2-3,8-9,11H2,1H3/t12-/m1/s1. The molecule has 2 aromatic rings. The van der Waals surface area contributed by atoms with Crippen LogP contribution in [0.3, 0.4) is 0 Å². The molecule has 0 radical (unpaired) electrons. The number of rotatable bonds is 6. The van der Waals surface area contributed by atoms with Crippen LogP contribution < -0.4 is 4.72 Å². The van der Waals surface area contributed by atoms with Gasteiger partial charge in [-0.2, -0.15) is 0 Å². The minimum Gasteiger partial charge on any atom is -0.388 e. The number of hydrogen-bond donors (Lipinski definition) is 2. The van der Waals surface area contributed by atoms with Gasteiger partial charge >= 0.3 is 0 Å². The Morgan fingerprint density at radius 2 is 2.04 bits per heavy atom. The molecule has 0 aromatic carbocycles. The van der Waals surface area contributed by atoms with E-state index in [0.29, 0.717) is 10.8 Å². The molecule has 0 aliphatic heterocycles. The van der Waals surface area contributed by atoms with Crippen molar-refractivity contribution in [3.05, 3.63) is 39.4 Å². The van der Waals surface area contributed by atoms with Gasteiger partial charge in [0, 0.05) is 21.7 Å². The second kappa shape index (κ2) is 6.64. The van der Waals surface area contributed by atoms with Gasteiger partial charge < -0.3 is 5.11 Å². The third-order valence-electron chi connectivity index (χ3n) is 4.48. The lowest BCUT2D eigenvalue weighted by Crippen LogP contribution is -2.38. The Bertz CT molecular complexity index is 741. The summed E-state index contributed by atoms with van der Waals surface area (Å²) in [5.41, 5.74) is -0.137. The molecule has 1 saturated carbocycles. The number of aliphatic hydroxyl groups excluding tert-OH is 1. The number of thiophene rings is 2. The van der Waals surface area contributed by atoms with Crippen LogP contribution in [0.2, 0.25) is 0 Å². The van der Waals surface area contributed by atoms with Crippen LogP contribution >= 0.6 is 22.7 Å². The number of nitrogens with one attached hydrogen (secondary N) is 1. The van der Waals surface area contributed by atoms with E-state index in [-0.39, 0.29) is 5.41 Å². The summed E-state index contributed by atoms with van der Waals surface area (Å²) in [5, 5.41) is 11.5. The van der Waals surface area contributed by atoms with E-state index in [2.05, 4.69) is 10.8 Å². The maximum absolute atomic E-state index is 12.4. The molecule has 126 valence electrons. The third kappa shape index (κ3) is 3.53. The van der Waals surface area contributed by atoms with Crippen LogP contribution in [0.1, 0.15) is 48.5 Å². The SMILES string of the molecule is C[C@@H](O)c1ccc(C2(CNS(=O)(=O)c3cccs3)CCCC2)s1. The first-order valence-electron chi connectivity index (χ1n) is 7.74. The van der Waals surface area contributed by atoms with Gasteiger partial charge in [0.15, 0.2) is 0 Å². The Balaban J connectivity index is 1.81. The van der Waals surface area contributed by atoms with E-state index >= 15 is 0 Å². The van der Waals surface area contributed by atoms with Gasteiger partial charge in [0.2, 0.25) is 10.0 Å². The van der Waals surface area contributed by atoms with Crippen LogP contribution in [0, 0.1) is 0 Å². The smallest absolute Gasteiger partial charge is 0.250 e. The summed E-state index contributed by atoms with van der Waals surface area (Å²) in [5.74, 6) is 0. The Morgan fingerprint density at radius 3 is 2.61 bits per heavy atom. The zero-order chi connectivity index (χ0) is 16.5. The van der Waals surface area contributed by atoms with E-state index in [0.717, 1.165) is 30.6 Å². The van der Waals surface area contributed by atoms with Crippen LogP contribution in [0.25, 0.3) is 0 Å². The molecule has 2 N–H and O–H groups in total. The average molecular weight is 372 g/mol. The molecular weight excluding hydrogens is 350 g/mol. The lowest BCUT2D eigenvalue weighted by molar-refractivity contribution is 0.203. The molecule has 3 rings (SSSR count). The second-order valence-electron chi connectivity index (χ2n) is 6.12. The van der Waals surface area contributed by atoms with Gasteiger partial charge in [0.05, 0.1) is 6.10 Å². The van der Waals surface area contributed by atoms with E-state index in [1.54, 1.807) is 35.8 Å². The van der Waals surface area contributed by atoms with E-state index in [1.165, 1.54) is 16.2 Å². The van der Waals surface area contributed by atoms with Crippen LogP contribution in [0.5, 0.6) is 0 Å². The van der Waals surface area contributed by atoms with Gasteiger partial charge in [-0.05, 0) is 43.3 Å². The summed E-state index contributed by atoms with van der Waals surface area (Å²) >= 11 is 2.84. The average Bonchev–Trinajstić information content (AvgIpc) is 3.24. The molecule has 23 heavy (non-hydrogen) atoms. The fraction of sp³-hybridized carbons (Fsp3) is 0.500. The summed E-state index contributed by atoms with van der Waals surface area (Å²) in [7, 11) is -3.44. The highest BCUT2D eigenvalue weighted by atomic mass is 32.2. The van der Waals surface area contributed by atoms with Crippen molar-refractivity contribution in [1.82, 2.24) is 4.72 Å². The molecule has 0 amide bonds. The second-order valence-corrected chi connectivity index (χ2v) is 10.2. The van der Waals surface area contributed by atoms with Gasteiger partial charge in [0.25, 0.3) is 0 Å². The minimum absolute atomic E-state index is 0.137. The number of aliphatic hydroxyl groups is 1. The Hall–Kier alpha value is -0.730. The van der Waals surface area contributed by atoms with E-state index in [9.17, 15) is 13.5 Å². The summed E-state index contributed by atoms with van der Waals surface area (Å²) in [6, 6.07) is 7.39. The highest BCUT2D eigenvalue weighted by molar-refractivity contribution is 7.91. The lowest BCUT2D eigenvalue weighted by atomic mass is 9.85. The van der Waals surface area contributed by atoms with Gasteiger partial charge in [-0.25, -0.2) is 13.1 Å². The maximum Gasteiger partial charge on any atom is 0.250 e. The Labute approximate surface area is 145 Å². The van der Waals surface area contributed by atoms with Crippen LogP contribution in [-0.4, -0.2) is 20.1 Å². The van der Waals surface area contributed by atoms with E-state index in [4.69, 9.17) is 0 Å². The molecule has 0 unspecified atom stereocenters. The molecule has 0 spiro atoms. The fourth-order valence-electron chi connectivity index (χ4n) is 3.15. The first kappa shape index (κ1) is 17.1. The first-order valence-corrected chi connectivity index (χ1v) is 10.9. The zero-order valence-corrected chi connectivity index (χ0v) is 15.4. The minimum atomic E-state index is -3.44. The van der Waals surface area contributed by atoms with Crippen molar-refractivity contribution in [2.45, 2.75) is 48.3 Å². The van der Waals surface area contributed by atoms with Crippen molar-refractivity contribution in [3.8, 4) is 0 Å². The summed E-state index contributed by atoms with van der Waals surface area (Å²) in [4.78, 5) is 2.12. The number of sulfonamides is 1. The van der Waals surface area contributed by atoms with Crippen LogP contribution in [-0.2, 0) is 15.4 Å². The largest absolute Gasteiger partial charge is 0.388 e. The van der Waals surface area contributed by atoms with E-state index < -0.39 is 16.1 Å². The predicted molar refractivity (Wildman–Crippen MR) is 94.6 cm³/mol. The molecule has 1 aliphatic carbocycles. The van der Waals surface area contributed by atoms with Crippen molar-refractivity contribution in [3.63, 3.8) is 0 Å². The molecule has 0 bridgehead atoms. The zero-order valence-electron chi connectivity index (χ0n) is 13.0. The van der Waals surface area contributed by atoms with Crippen molar-refractivity contribution in [2.24, 2.45) is 0 Å². The van der Waals surface area contributed by atoms with Crippen molar-refractivity contribution in [1.29, 1.82) is 0 Å². The van der Waals surface area contributed by atoms with Crippen molar-refractivity contribution < 1.29 is 13.5 Å². The maximum atomic E-state index is 12.4. The molecule has 2 aromatic heterocycles. The number of hydrogen-bond acceptors (Lipinski definition) is 5. The van der Waals surface area contributed by atoms with Crippen LogP contribution in [0.15, 0.2) is 33.9 Å². The lowest BCUT2D eigenvalue weighted by Gasteiger charge is -2.28. The quantitative estimate of drug-likeness (QED) is 0.814. The molecule has 2 heterocycles. The first-order chi connectivity index (χ1) is 10.9. The topological polar surface area (TPSA) is 66.4 Å². The third-order valence-corrected chi connectivity index (χ3v) is 8.78. The predicted octanol–water partition coefficient (Wildman–Crippen LogP) is 3.65. The van der Waals surface area contributed by atoms with Gasteiger partial charge in [0.1, 0.15) is 4.21 Å².